The van der Waals surface area contributed by atoms with E-state index in [-0.39, 0.29) is 6.01 Å². The maximum atomic E-state index is 5.05. The Morgan fingerprint density at radius 2 is 2.28 bits per heavy atom. The standard InChI is InChI=1S/C10H14N6OS/c1-3-4-11-7-14-8(17-2)16-10(15-7)18-9-12-5-6-13-9/h5-6H,3-4H2,1-2H3,(H,12,13)(H,11,14,15,16). The molecule has 0 fully saturated rings. The Morgan fingerprint density at radius 1 is 1.39 bits per heavy atom. The molecule has 18 heavy (non-hydrogen) atoms. The molecule has 0 unspecified atom stereocenters. The van der Waals surface area contributed by atoms with Gasteiger partial charge in [0.1, 0.15) is 0 Å². The van der Waals surface area contributed by atoms with Crippen LogP contribution in [-0.2, 0) is 0 Å². The molecule has 0 radical (unpaired) electrons. The Hall–Kier alpha value is -1.83. The van der Waals surface area contributed by atoms with E-state index in [4.69, 9.17) is 4.74 Å². The first kappa shape index (κ1) is 12.6. The highest BCUT2D eigenvalue weighted by Gasteiger charge is 2.09. The van der Waals surface area contributed by atoms with Crippen molar-refractivity contribution in [3.8, 4) is 6.01 Å². The molecule has 8 heteroatoms. The summed E-state index contributed by atoms with van der Waals surface area (Å²) in [5.41, 5.74) is 0. The monoisotopic (exact) mass is 266 g/mol. The van der Waals surface area contributed by atoms with Crippen LogP contribution < -0.4 is 10.1 Å². The van der Waals surface area contributed by atoms with Crippen molar-refractivity contribution in [3.05, 3.63) is 12.4 Å². The third-order valence-corrected chi connectivity index (χ3v) is 2.75. The zero-order chi connectivity index (χ0) is 12.8. The number of anilines is 1. The number of hydrogen-bond acceptors (Lipinski definition) is 7. The van der Waals surface area contributed by atoms with Crippen LogP contribution in [0, 0.1) is 0 Å². The van der Waals surface area contributed by atoms with Crippen molar-refractivity contribution in [1.82, 2.24) is 24.9 Å². The van der Waals surface area contributed by atoms with Gasteiger partial charge in [0.25, 0.3) is 0 Å². The second-order valence-corrected chi connectivity index (χ2v) is 4.31. The van der Waals surface area contributed by atoms with Crippen LogP contribution in [0.1, 0.15) is 13.3 Å². The molecule has 0 aliphatic heterocycles. The first-order valence-electron chi connectivity index (χ1n) is 5.53. The number of hydrogen-bond donors (Lipinski definition) is 2. The number of methoxy groups -OCH3 is 1. The maximum Gasteiger partial charge on any atom is 0.321 e. The Kier molecular flexibility index (Phi) is 4.35. The lowest BCUT2D eigenvalue weighted by Gasteiger charge is -2.06. The first-order chi connectivity index (χ1) is 8.81. The lowest BCUT2D eigenvalue weighted by molar-refractivity contribution is 0.373. The molecule has 2 rings (SSSR count). The highest BCUT2D eigenvalue weighted by molar-refractivity contribution is 7.99. The van der Waals surface area contributed by atoms with Gasteiger partial charge in [-0.15, -0.1) is 0 Å². The number of aromatic amines is 1. The number of rotatable bonds is 6. The van der Waals surface area contributed by atoms with Crippen LogP contribution in [0.25, 0.3) is 0 Å². The minimum absolute atomic E-state index is 0.289. The molecular formula is C10H14N6OS. The van der Waals surface area contributed by atoms with Gasteiger partial charge in [-0.1, -0.05) is 6.92 Å². The van der Waals surface area contributed by atoms with Crippen molar-refractivity contribution in [3.63, 3.8) is 0 Å². The van der Waals surface area contributed by atoms with Crippen molar-refractivity contribution >= 4 is 17.7 Å². The Labute approximate surface area is 109 Å². The van der Waals surface area contributed by atoms with Gasteiger partial charge in [0.2, 0.25) is 11.1 Å². The minimum Gasteiger partial charge on any atom is -0.467 e. The highest BCUT2D eigenvalue weighted by atomic mass is 32.2. The largest absolute Gasteiger partial charge is 0.467 e. The van der Waals surface area contributed by atoms with Gasteiger partial charge in [0, 0.05) is 18.9 Å². The fraction of sp³-hybridized carbons (Fsp3) is 0.400. The van der Waals surface area contributed by atoms with Gasteiger partial charge >= 0.3 is 6.01 Å². The summed E-state index contributed by atoms with van der Waals surface area (Å²) in [4.78, 5) is 19.6. The molecule has 0 aromatic carbocycles. The number of H-pyrrole nitrogens is 1. The van der Waals surface area contributed by atoms with Crippen LogP contribution in [0.4, 0.5) is 5.95 Å². The predicted octanol–water partition coefficient (Wildman–Crippen LogP) is 1.58. The van der Waals surface area contributed by atoms with E-state index in [9.17, 15) is 0 Å². The van der Waals surface area contributed by atoms with E-state index >= 15 is 0 Å². The maximum absolute atomic E-state index is 5.05. The second kappa shape index (κ2) is 6.20. The molecule has 0 spiro atoms. The molecule has 0 amide bonds. The minimum atomic E-state index is 0.289. The number of ether oxygens (including phenoxy) is 1. The van der Waals surface area contributed by atoms with E-state index in [1.54, 1.807) is 12.4 Å². The van der Waals surface area contributed by atoms with Gasteiger partial charge in [0.05, 0.1) is 7.11 Å². The van der Waals surface area contributed by atoms with E-state index in [2.05, 4.69) is 37.2 Å². The zero-order valence-corrected chi connectivity index (χ0v) is 11.0. The van der Waals surface area contributed by atoms with Gasteiger partial charge in [-0.25, -0.2) is 4.98 Å². The van der Waals surface area contributed by atoms with E-state index in [1.807, 2.05) is 0 Å². The van der Waals surface area contributed by atoms with Crippen molar-refractivity contribution in [2.45, 2.75) is 23.7 Å². The van der Waals surface area contributed by atoms with Gasteiger partial charge in [0.15, 0.2) is 5.16 Å². The molecule has 2 aromatic rings. The Balaban J connectivity index is 2.17. The molecular weight excluding hydrogens is 252 g/mol. The molecule has 2 N–H and O–H groups in total. The average molecular weight is 266 g/mol. The second-order valence-electron chi connectivity index (χ2n) is 3.35. The number of nitrogens with zero attached hydrogens (tertiary/aromatic N) is 4. The van der Waals surface area contributed by atoms with Crippen molar-refractivity contribution in [2.24, 2.45) is 0 Å². The summed E-state index contributed by atoms with van der Waals surface area (Å²) in [6.07, 6.45) is 4.42. The third kappa shape index (κ3) is 3.33. The van der Waals surface area contributed by atoms with Gasteiger partial charge in [-0.2, -0.15) is 15.0 Å². The van der Waals surface area contributed by atoms with Crippen LogP contribution >= 0.6 is 11.8 Å². The normalized spacial score (nSPS) is 10.3. The molecule has 0 aliphatic carbocycles. The van der Waals surface area contributed by atoms with E-state index in [0.717, 1.165) is 18.1 Å². The summed E-state index contributed by atoms with van der Waals surface area (Å²) < 4.78 is 5.05. The first-order valence-corrected chi connectivity index (χ1v) is 6.34. The molecule has 0 saturated carbocycles. The number of nitrogens with one attached hydrogen (secondary N) is 2. The summed E-state index contributed by atoms with van der Waals surface area (Å²) in [6, 6.07) is 0.289. The number of imidazole rings is 1. The van der Waals surface area contributed by atoms with E-state index in [0.29, 0.717) is 11.1 Å². The SMILES string of the molecule is CCCNc1nc(OC)nc(Sc2ncc[nH]2)n1. The van der Waals surface area contributed by atoms with E-state index in [1.165, 1.54) is 18.9 Å². The number of aromatic nitrogens is 5. The third-order valence-electron chi connectivity index (χ3n) is 1.97. The molecule has 0 bridgehead atoms. The lowest BCUT2D eigenvalue weighted by atomic mass is 10.5. The topological polar surface area (TPSA) is 88.6 Å². The van der Waals surface area contributed by atoms with Crippen molar-refractivity contribution in [1.29, 1.82) is 0 Å². The summed E-state index contributed by atoms with van der Waals surface area (Å²) in [6.45, 7) is 2.88. The van der Waals surface area contributed by atoms with Crippen LogP contribution in [0.3, 0.4) is 0 Å². The quantitative estimate of drug-likeness (QED) is 0.820. The molecule has 96 valence electrons. The lowest BCUT2D eigenvalue weighted by Crippen LogP contribution is -2.07. The summed E-state index contributed by atoms with van der Waals surface area (Å²) in [5.74, 6) is 0.512. The Bertz CT molecular complexity index is 489. The fourth-order valence-electron chi connectivity index (χ4n) is 1.18. The molecule has 0 atom stereocenters. The van der Waals surface area contributed by atoms with Crippen LogP contribution in [0.15, 0.2) is 22.7 Å². The summed E-state index contributed by atoms with van der Waals surface area (Å²) >= 11 is 1.32. The Morgan fingerprint density at radius 3 is 2.94 bits per heavy atom. The molecule has 0 aliphatic rings. The predicted molar refractivity (Wildman–Crippen MR) is 67.9 cm³/mol. The van der Waals surface area contributed by atoms with E-state index < -0.39 is 0 Å². The summed E-state index contributed by atoms with van der Waals surface area (Å²) in [7, 11) is 1.53. The highest BCUT2D eigenvalue weighted by Crippen LogP contribution is 2.22. The van der Waals surface area contributed by atoms with Crippen molar-refractivity contribution in [2.75, 3.05) is 19.0 Å². The van der Waals surface area contributed by atoms with Crippen molar-refractivity contribution < 1.29 is 4.74 Å². The van der Waals surface area contributed by atoms with Crippen LogP contribution in [0.5, 0.6) is 6.01 Å². The fourth-order valence-corrected chi connectivity index (χ4v) is 1.85. The molecule has 2 aromatic heterocycles. The smallest absolute Gasteiger partial charge is 0.321 e. The van der Waals surface area contributed by atoms with Gasteiger partial charge in [-0.3, -0.25) is 0 Å². The average Bonchev–Trinajstić information content (AvgIpc) is 2.89. The zero-order valence-electron chi connectivity index (χ0n) is 10.2. The molecule has 0 saturated heterocycles. The molecule has 2 heterocycles. The van der Waals surface area contributed by atoms with Crippen LogP contribution in [-0.4, -0.2) is 38.6 Å². The molecule has 7 nitrogen and oxygen atoms in total. The van der Waals surface area contributed by atoms with Gasteiger partial charge < -0.3 is 15.0 Å². The van der Waals surface area contributed by atoms with Crippen LogP contribution in [0.2, 0.25) is 0 Å². The summed E-state index contributed by atoms with van der Waals surface area (Å²) in [5, 5.41) is 4.37. The van der Waals surface area contributed by atoms with Gasteiger partial charge in [-0.05, 0) is 18.2 Å².